The third-order valence-electron chi connectivity index (χ3n) is 2.41. The van der Waals surface area contributed by atoms with E-state index in [1.807, 2.05) is 12.1 Å². The summed E-state index contributed by atoms with van der Waals surface area (Å²) in [5, 5.41) is 3.17. The van der Waals surface area contributed by atoms with Gasteiger partial charge in [0, 0.05) is 24.6 Å². The highest BCUT2D eigenvalue weighted by atomic mass is 19.2. The molecule has 0 fully saturated rings. The lowest BCUT2D eigenvalue weighted by Gasteiger charge is -2.06. The Kier molecular flexibility index (Phi) is 3.65. The molecular weight excluding hydrogens is 222 g/mol. The van der Waals surface area contributed by atoms with Gasteiger partial charge in [0.15, 0.2) is 11.6 Å². The molecule has 0 saturated heterocycles. The first kappa shape index (κ1) is 11.5. The molecule has 0 aliphatic heterocycles. The quantitative estimate of drug-likeness (QED) is 0.879. The number of anilines is 1. The Morgan fingerprint density at radius 2 is 1.76 bits per heavy atom. The molecule has 0 spiro atoms. The topological polar surface area (TPSA) is 24.9 Å². The van der Waals surface area contributed by atoms with Crippen LogP contribution in [0.5, 0.6) is 0 Å². The van der Waals surface area contributed by atoms with E-state index < -0.39 is 11.6 Å². The summed E-state index contributed by atoms with van der Waals surface area (Å²) < 4.78 is 25.6. The van der Waals surface area contributed by atoms with E-state index in [1.54, 1.807) is 18.5 Å². The average Bonchev–Trinajstić information content (AvgIpc) is 2.35. The van der Waals surface area contributed by atoms with Crippen molar-refractivity contribution in [2.75, 3.05) is 11.9 Å². The largest absolute Gasteiger partial charge is 0.385 e. The zero-order valence-electron chi connectivity index (χ0n) is 9.16. The first-order valence-electron chi connectivity index (χ1n) is 5.33. The van der Waals surface area contributed by atoms with E-state index in [0.717, 1.165) is 17.3 Å². The Hall–Kier alpha value is -1.97. The molecule has 1 aromatic carbocycles. The third-order valence-corrected chi connectivity index (χ3v) is 2.41. The molecule has 0 saturated carbocycles. The lowest BCUT2D eigenvalue weighted by molar-refractivity contribution is 0.507. The SMILES string of the molecule is Fc1ccc(CCNc2ccncc2)cc1F. The molecule has 1 aromatic heterocycles. The Balaban J connectivity index is 1.88. The molecule has 88 valence electrons. The molecular formula is C13H12F2N2. The van der Waals surface area contributed by atoms with Crippen LogP contribution in [0.2, 0.25) is 0 Å². The molecule has 0 radical (unpaired) electrons. The van der Waals surface area contributed by atoms with Crippen LogP contribution in [0.1, 0.15) is 5.56 Å². The molecule has 0 aliphatic carbocycles. The summed E-state index contributed by atoms with van der Waals surface area (Å²) in [5.41, 5.74) is 1.73. The van der Waals surface area contributed by atoms with Gasteiger partial charge in [-0.25, -0.2) is 8.78 Å². The smallest absolute Gasteiger partial charge is 0.159 e. The van der Waals surface area contributed by atoms with Crippen LogP contribution < -0.4 is 5.32 Å². The fourth-order valence-electron chi connectivity index (χ4n) is 1.52. The Labute approximate surface area is 98.3 Å². The lowest BCUT2D eigenvalue weighted by Crippen LogP contribution is -2.05. The van der Waals surface area contributed by atoms with Gasteiger partial charge in [0.2, 0.25) is 0 Å². The van der Waals surface area contributed by atoms with Gasteiger partial charge in [0.25, 0.3) is 0 Å². The molecule has 0 aliphatic rings. The molecule has 2 nitrogen and oxygen atoms in total. The average molecular weight is 234 g/mol. The van der Waals surface area contributed by atoms with Gasteiger partial charge in [0.05, 0.1) is 0 Å². The molecule has 0 unspecified atom stereocenters. The number of hydrogen-bond donors (Lipinski definition) is 1. The molecule has 17 heavy (non-hydrogen) atoms. The molecule has 0 bridgehead atoms. The van der Waals surface area contributed by atoms with Crippen LogP contribution in [-0.2, 0) is 6.42 Å². The minimum atomic E-state index is -0.809. The van der Waals surface area contributed by atoms with E-state index in [1.165, 1.54) is 6.07 Å². The standard InChI is InChI=1S/C13H12F2N2/c14-12-2-1-10(9-13(12)15)3-8-17-11-4-6-16-7-5-11/h1-2,4-7,9H,3,8H2,(H,16,17). The van der Waals surface area contributed by atoms with Crippen LogP contribution >= 0.6 is 0 Å². The summed E-state index contributed by atoms with van der Waals surface area (Å²) >= 11 is 0. The molecule has 1 heterocycles. The molecule has 1 N–H and O–H groups in total. The minimum Gasteiger partial charge on any atom is -0.385 e. The van der Waals surface area contributed by atoms with Gasteiger partial charge in [-0.05, 0) is 36.2 Å². The maximum absolute atomic E-state index is 12.9. The van der Waals surface area contributed by atoms with E-state index in [-0.39, 0.29) is 0 Å². The van der Waals surface area contributed by atoms with Gasteiger partial charge in [0.1, 0.15) is 0 Å². The summed E-state index contributed by atoms with van der Waals surface area (Å²) in [6.45, 7) is 0.662. The minimum absolute atomic E-state index is 0.638. The van der Waals surface area contributed by atoms with E-state index >= 15 is 0 Å². The summed E-state index contributed by atoms with van der Waals surface area (Å²) in [6.07, 6.45) is 4.03. The predicted molar refractivity (Wildman–Crippen MR) is 62.8 cm³/mol. The highest BCUT2D eigenvalue weighted by molar-refractivity contribution is 5.40. The van der Waals surface area contributed by atoms with Crippen molar-refractivity contribution in [1.29, 1.82) is 0 Å². The van der Waals surface area contributed by atoms with E-state index in [4.69, 9.17) is 0 Å². The molecule has 2 aromatic rings. The number of aromatic nitrogens is 1. The maximum atomic E-state index is 12.9. The molecule has 4 heteroatoms. The van der Waals surface area contributed by atoms with Gasteiger partial charge >= 0.3 is 0 Å². The zero-order valence-corrected chi connectivity index (χ0v) is 9.16. The second-order valence-electron chi connectivity index (χ2n) is 3.66. The fraction of sp³-hybridized carbons (Fsp3) is 0.154. The number of halogens is 2. The van der Waals surface area contributed by atoms with E-state index in [9.17, 15) is 8.78 Å². The Bertz CT molecular complexity index is 486. The first-order valence-corrected chi connectivity index (χ1v) is 5.33. The predicted octanol–water partition coefficient (Wildman–Crippen LogP) is 3.01. The van der Waals surface area contributed by atoms with Crippen molar-refractivity contribution in [2.45, 2.75) is 6.42 Å². The van der Waals surface area contributed by atoms with Crippen molar-refractivity contribution in [3.05, 3.63) is 59.9 Å². The van der Waals surface area contributed by atoms with Crippen LogP contribution in [0, 0.1) is 11.6 Å². The number of nitrogens with zero attached hydrogens (tertiary/aromatic N) is 1. The highest BCUT2D eigenvalue weighted by Gasteiger charge is 2.02. The maximum Gasteiger partial charge on any atom is 0.159 e. The number of pyridine rings is 1. The molecule has 0 atom stereocenters. The van der Waals surface area contributed by atoms with Gasteiger partial charge in [-0.1, -0.05) is 6.07 Å². The molecule has 2 rings (SSSR count). The van der Waals surface area contributed by atoms with Gasteiger partial charge in [-0.2, -0.15) is 0 Å². The van der Waals surface area contributed by atoms with Crippen LogP contribution in [0.4, 0.5) is 14.5 Å². The number of benzene rings is 1. The second-order valence-corrected chi connectivity index (χ2v) is 3.66. The van der Waals surface area contributed by atoms with Gasteiger partial charge in [-0.15, -0.1) is 0 Å². The number of rotatable bonds is 4. The lowest BCUT2D eigenvalue weighted by atomic mass is 10.1. The van der Waals surface area contributed by atoms with Crippen molar-refractivity contribution >= 4 is 5.69 Å². The zero-order chi connectivity index (χ0) is 12.1. The fourth-order valence-corrected chi connectivity index (χ4v) is 1.52. The van der Waals surface area contributed by atoms with Crippen LogP contribution in [0.3, 0.4) is 0 Å². The van der Waals surface area contributed by atoms with Crippen LogP contribution in [0.15, 0.2) is 42.7 Å². The van der Waals surface area contributed by atoms with Crippen molar-refractivity contribution in [2.24, 2.45) is 0 Å². The van der Waals surface area contributed by atoms with Crippen molar-refractivity contribution < 1.29 is 8.78 Å². The number of hydrogen-bond acceptors (Lipinski definition) is 2. The summed E-state index contributed by atoms with van der Waals surface area (Å²) in [7, 11) is 0. The van der Waals surface area contributed by atoms with Crippen LogP contribution in [0.25, 0.3) is 0 Å². The highest BCUT2D eigenvalue weighted by Crippen LogP contribution is 2.10. The second kappa shape index (κ2) is 5.39. The van der Waals surface area contributed by atoms with Crippen molar-refractivity contribution in [3.63, 3.8) is 0 Å². The third kappa shape index (κ3) is 3.24. The summed E-state index contributed by atoms with van der Waals surface area (Å²) in [5.74, 6) is -1.61. The van der Waals surface area contributed by atoms with E-state index in [0.29, 0.717) is 13.0 Å². The van der Waals surface area contributed by atoms with Gasteiger partial charge < -0.3 is 5.32 Å². The van der Waals surface area contributed by atoms with Crippen molar-refractivity contribution in [1.82, 2.24) is 4.98 Å². The van der Waals surface area contributed by atoms with Crippen molar-refractivity contribution in [3.8, 4) is 0 Å². The molecule has 0 amide bonds. The van der Waals surface area contributed by atoms with Crippen LogP contribution in [-0.4, -0.2) is 11.5 Å². The van der Waals surface area contributed by atoms with Gasteiger partial charge in [-0.3, -0.25) is 4.98 Å². The number of nitrogens with one attached hydrogen (secondary N) is 1. The monoisotopic (exact) mass is 234 g/mol. The summed E-state index contributed by atoms with van der Waals surface area (Å²) in [4.78, 5) is 3.90. The first-order chi connectivity index (χ1) is 8.25. The van der Waals surface area contributed by atoms with E-state index in [2.05, 4.69) is 10.3 Å². The normalized spacial score (nSPS) is 10.2. The Morgan fingerprint density at radius 1 is 1.00 bits per heavy atom. The summed E-state index contributed by atoms with van der Waals surface area (Å²) in [6, 6.07) is 7.67. The Morgan fingerprint density at radius 3 is 2.47 bits per heavy atom.